The van der Waals surface area contributed by atoms with Gasteiger partial charge < -0.3 is 14.9 Å². The zero-order valence-corrected chi connectivity index (χ0v) is 11.0. The Bertz CT molecular complexity index is 399. The van der Waals surface area contributed by atoms with Crippen molar-refractivity contribution >= 4 is 5.97 Å². The largest absolute Gasteiger partial charge is 0.508 e. The van der Waals surface area contributed by atoms with E-state index in [9.17, 15) is 15.0 Å². The molecule has 0 fully saturated rings. The summed E-state index contributed by atoms with van der Waals surface area (Å²) in [6.45, 7) is 3.65. The van der Waals surface area contributed by atoms with Crippen LogP contribution in [0.5, 0.6) is 5.75 Å². The first kappa shape index (κ1) is 14.5. The maximum absolute atomic E-state index is 11.8. The van der Waals surface area contributed by atoms with Crippen LogP contribution in [0.4, 0.5) is 0 Å². The van der Waals surface area contributed by atoms with E-state index in [-0.39, 0.29) is 5.75 Å². The molecular weight excluding hydrogens is 232 g/mol. The monoisotopic (exact) mass is 252 g/mol. The summed E-state index contributed by atoms with van der Waals surface area (Å²) in [5.74, 6) is -0.907. The van der Waals surface area contributed by atoms with Gasteiger partial charge >= 0.3 is 5.97 Å². The third kappa shape index (κ3) is 2.64. The number of carbonyl (C=O) groups excluding carboxylic acids is 1. The fourth-order valence-corrected chi connectivity index (χ4v) is 2.24. The van der Waals surface area contributed by atoms with E-state index in [0.717, 1.165) is 0 Å². The van der Waals surface area contributed by atoms with Crippen molar-refractivity contribution in [2.45, 2.75) is 32.3 Å². The lowest BCUT2D eigenvalue weighted by molar-refractivity contribution is -0.157. The van der Waals surface area contributed by atoms with Crippen LogP contribution in [0.1, 0.15) is 32.3 Å². The van der Waals surface area contributed by atoms with Crippen molar-refractivity contribution in [3.05, 3.63) is 29.8 Å². The summed E-state index contributed by atoms with van der Waals surface area (Å²) in [4.78, 5) is 11.8. The Hall–Kier alpha value is -1.55. The number of phenolic OH excluding ortho intramolecular Hbond substituents is 1. The normalized spacial score (nSPS) is 15.8. The third-order valence-electron chi connectivity index (χ3n) is 3.38. The lowest BCUT2D eigenvalue weighted by Crippen LogP contribution is -2.39. The average Bonchev–Trinajstić information content (AvgIpc) is 2.39. The van der Waals surface area contributed by atoms with Crippen LogP contribution in [0.3, 0.4) is 0 Å². The van der Waals surface area contributed by atoms with Gasteiger partial charge in [-0.15, -0.1) is 0 Å². The number of methoxy groups -OCH3 is 1. The molecule has 4 nitrogen and oxygen atoms in total. The van der Waals surface area contributed by atoms with E-state index in [1.165, 1.54) is 19.2 Å². The molecule has 0 aliphatic heterocycles. The highest BCUT2D eigenvalue weighted by atomic mass is 16.5. The molecule has 2 N–H and O–H groups in total. The van der Waals surface area contributed by atoms with Gasteiger partial charge in [-0.25, -0.2) is 0 Å². The number of benzene rings is 1. The highest BCUT2D eigenvalue weighted by molar-refractivity contribution is 5.74. The second kappa shape index (κ2) is 5.87. The number of phenols is 1. The first-order valence-electron chi connectivity index (χ1n) is 6.09. The zero-order chi connectivity index (χ0) is 13.8. The summed E-state index contributed by atoms with van der Waals surface area (Å²) in [6.07, 6.45) is 0.878. The Morgan fingerprint density at radius 1 is 1.33 bits per heavy atom. The van der Waals surface area contributed by atoms with Crippen LogP contribution in [0.15, 0.2) is 24.3 Å². The molecule has 0 bridgehead atoms. The Kier molecular flexibility index (Phi) is 4.73. The quantitative estimate of drug-likeness (QED) is 0.788. The molecule has 0 saturated carbocycles. The van der Waals surface area contributed by atoms with E-state index in [2.05, 4.69) is 0 Å². The van der Waals surface area contributed by atoms with E-state index in [1.807, 2.05) is 13.8 Å². The van der Waals surface area contributed by atoms with Gasteiger partial charge in [0.25, 0.3) is 0 Å². The van der Waals surface area contributed by atoms with Gasteiger partial charge in [-0.3, -0.25) is 4.79 Å². The second-order valence-electron chi connectivity index (χ2n) is 4.31. The van der Waals surface area contributed by atoms with Crippen molar-refractivity contribution in [3.8, 4) is 5.75 Å². The Morgan fingerprint density at radius 2 is 1.89 bits per heavy atom. The van der Waals surface area contributed by atoms with Crippen molar-refractivity contribution < 1.29 is 19.7 Å². The number of aliphatic hydroxyl groups is 1. The second-order valence-corrected chi connectivity index (χ2v) is 4.31. The van der Waals surface area contributed by atoms with Crippen LogP contribution in [0, 0.1) is 5.92 Å². The van der Waals surface area contributed by atoms with E-state index in [4.69, 9.17) is 4.74 Å². The minimum absolute atomic E-state index is 0.128. The van der Waals surface area contributed by atoms with Gasteiger partial charge in [0.2, 0.25) is 0 Å². The lowest BCUT2D eigenvalue weighted by atomic mass is 9.78. The number of hydrogen-bond acceptors (Lipinski definition) is 4. The van der Waals surface area contributed by atoms with E-state index >= 15 is 0 Å². The van der Waals surface area contributed by atoms with Gasteiger partial charge in [0.05, 0.1) is 13.0 Å². The molecule has 18 heavy (non-hydrogen) atoms. The molecule has 100 valence electrons. The predicted molar refractivity (Wildman–Crippen MR) is 68.1 cm³/mol. The molecule has 1 aromatic rings. The van der Waals surface area contributed by atoms with Crippen LogP contribution in [0.25, 0.3) is 0 Å². The number of ether oxygens (including phenoxy) is 1. The zero-order valence-electron chi connectivity index (χ0n) is 11.0. The Labute approximate surface area is 107 Å². The number of carbonyl (C=O) groups is 1. The molecule has 1 aromatic carbocycles. The number of hydrogen-bond donors (Lipinski definition) is 2. The van der Waals surface area contributed by atoms with Crippen LogP contribution in [-0.4, -0.2) is 23.3 Å². The van der Waals surface area contributed by atoms with E-state index in [1.54, 1.807) is 12.1 Å². The van der Waals surface area contributed by atoms with Gasteiger partial charge in [-0.2, -0.15) is 0 Å². The summed E-state index contributed by atoms with van der Waals surface area (Å²) in [5, 5.41) is 20.0. The van der Waals surface area contributed by atoms with Crippen LogP contribution in [0.2, 0.25) is 0 Å². The van der Waals surface area contributed by atoms with Crippen molar-refractivity contribution in [1.82, 2.24) is 0 Å². The summed E-state index contributed by atoms with van der Waals surface area (Å²) >= 11 is 0. The fraction of sp³-hybridized carbons (Fsp3) is 0.500. The first-order chi connectivity index (χ1) is 8.49. The van der Waals surface area contributed by atoms with Crippen molar-refractivity contribution in [1.29, 1.82) is 0 Å². The van der Waals surface area contributed by atoms with Crippen molar-refractivity contribution in [2.24, 2.45) is 5.92 Å². The standard InChI is InChI=1S/C14H20O4/c1-4-12(13(16)18-3)14(17,5-2)10-6-8-11(15)9-7-10/h6-9,12,15,17H,4-5H2,1-3H3. The highest BCUT2D eigenvalue weighted by Crippen LogP contribution is 2.36. The molecule has 4 heteroatoms. The number of aromatic hydroxyl groups is 1. The molecule has 0 amide bonds. The van der Waals surface area contributed by atoms with Crippen molar-refractivity contribution in [2.75, 3.05) is 7.11 Å². The highest BCUT2D eigenvalue weighted by Gasteiger charge is 2.41. The minimum atomic E-state index is -1.27. The molecule has 0 aliphatic rings. The number of rotatable bonds is 5. The van der Waals surface area contributed by atoms with Crippen LogP contribution >= 0.6 is 0 Å². The number of esters is 1. The third-order valence-corrected chi connectivity index (χ3v) is 3.38. The molecule has 2 unspecified atom stereocenters. The summed E-state index contributed by atoms with van der Waals surface area (Å²) < 4.78 is 4.75. The Balaban J connectivity index is 3.17. The van der Waals surface area contributed by atoms with Gasteiger partial charge in [-0.1, -0.05) is 26.0 Å². The molecule has 2 atom stereocenters. The van der Waals surface area contributed by atoms with Crippen molar-refractivity contribution in [3.63, 3.8) is 0 Å². The smallest absolute Gasteiger partial charge is 0.311 e. The molecule has 0 saturated heterocycles. The SMILES string of the molecule is CCC(C(=O)OC)C(O)(CC)c1ccc(O)cc1. The maximum atomic E-state index is 11.8. The topological polar surface area (TPSA) is 66.8 Å². The first-order valence-corrected chi connectivity index (χ1v) is 6.09. The van der Waals surface area contributed by atoms with Crippen LogP contribution < -0.4 is 0 Å². The average molecular weight is 252 g/mol. The molecule has 0 spiro atoms. The summed E-state index contributed by atoms with van der Waals surface area (Å²) in [6, 6.07) is 6.26. The molecule has 1 rings (SSSR count). The molecule has 0 radical (unpaired) electrons. The molecular formula is C14H20O4. The maximum Gasteiger partial charge on any atom is 0.311 e. The predicted octanol–water partition coefficient (Wildman–Crippen LogP) is 2.19. The van der Waals surface area contributed by atoms with Gasteiger partial charge in [0.15, 0.2) is 0 Å². The molecule has 0 heterocycles. The fourth-order valence-electron chi connectivity index (χ4n) is 2.24. The van der Waals surface area contributed by atoms with E-state index in [0.29, 0.717) is 18.4 Å². The Morgan fingerprint density at radius 3 is 2.28 bits per heavy atom. The molecule has 0 aliphatic carbocycles. The van der Waals surface area contributed by atoms with Gasteiger partial charge in [0, 0.05) is 0 Å². The van der Waals surface area contributed by atoms with Gasteiger partial charge in [-0.05, 0) is 30.5 Å². The summed E-state index contributed by atoms with van der Waals surface area (Å²) in [7, 11) is 1.32. The van der Waals surface area contributed by atoms with Crippen LogP contribution in [-0.2, 0) is 15.1 Å². The van der Waals surface area contributed by atoms with Gasteiger partial charge in [0.1, 0.15) is 11.4 Å². The molecule has 0 aromatic heterocycles. The summed E-state index contributed by atoms with van der Waals surface area (Å²) in [5.41, 5.74) is -0.657. The lowest BCUT2D eigenvalue weighted by Gasteiger charge is -2.33. The minimum Gasteiger partial charge on any atom is -0.508 e. The van der Waals surface area contributed by atoms with E-state index < -0.39 is 17.5 Å².